The molecule has 0 saturated heterocycles. The van der Waals surface area contributed by atoms with Gasteiger partial charge in [0.1, 0.15) is 11.3 Å². The maximum absolute atomic E-state index is 12.1. The molecule has 0 aliphatic heterocycles. The lowest BCUT2D eigenvalue weighted by atomic mass is 10.3. The highest BCUT2D eigenvalue weighted by atomic mass is 32.2. The topological polar surface area (TPSA) is 89.7 Å². The molecular weight excluding hydrogens is 328 g/mol. The van der Waals surface area contributed by atoms with Crippen LogP contribution < -0.4 is 0 Å². The Hall–Kier alpha value is -1.58. The van der Waals surface area contributed by atoms with Gasteiger partial charge in [0.05, 0.1) is 11.5 Å². The fourth-order valence-electron chi connectivity index (χ4n) is 1.64. The Labute approximate surface area is 132 Å². The highest BCUT2D eigenvalue weighted by Crippen LogP contribution is 2.26. The van der Waals surface area contributed by atoms with Crippen molar-refractivity contribution >= 4 is 38.9 Å². The van der Waals surface area contributed by atoms with Crippen molar-refractivity contribution in [3.63, 3.8) is 0 Å². The molecule has 120 valence electrons. The number of carbonyl (C=O) groups excluding carboxylic acids is 1. The van der Waals surface area contributed by atoms with Crippen molar-refractivity contribution in [2.24, 2.45) is 0 Å². The first-order valence-electron chi connectivity index (χ1n) is 6.46. The number of sulfonamides is 1. The van der Waals surface area contributed by atoms with Gasteiger partial charge in [0.2, 0.25) is 10.0 Å². The zero-order valence-electron chi connectivity index (χ0n) is 12.4. The molecule has 1 aromatic carbocycles. The smallest absolute Gasteiger partial charge is 0.316 e. The van der Waals surface area contributed by atoms with Gasteiger partial charge in [0.15, 0.2) is 5.58 Å². The van der Waals surface area contributed by atoms with Crippen molar-refractivity contribution in [3.8, 4) is 0 Å². The van der Waals surface area contributed by atoms with Gasteiger partial charge in [-0.3, -0.25) is 4.79 Å². The third kappa shape index (κ3) is 3.60. The summed E-state index contributed by atoms with van der Waals surface area (Å²) in [7, 11) is -0.599. The number of aromatic nitrogens is 1. The summed E-state index contributed by atoms with van der Waals surface area (Å²) in [5, 5.41) is 0.294. The van der Waals surface area contributed by atoms with Crippen LogP contribution in [0.15, 0.2) is 32.7 Å². The summed E-state index contributed by atoms with van der Waals surface area (Å²) in [5.41, 5.74) is 0.887. The number of hydrogen-bond donors (Lipinski definition) is 0. The number of benzene rings is 1. The highest BCUT2D eigenvalue weighted by molar-refractivity contribution is 7.99. The van der Waals surface area contributed by atoms with E-state index < -0.39 is 10.0 Å². The average molecular weight is 344 g/mol. The van der Waals surface area contributed by atoms with Crippen LogP contribution in [0.5, 0.6) is 0 Å². The minimum atomic E-state index is -3.52. The standard InChI is InChI=1S/C13H16N2O5S2/c1-4-19-12(16)8-21-13-14-10-7-9(5-6-11(10)20-13)22(17,18)15(2)3/h5-7H,4,8H2,1-3H3. The van der Waals surface area contributed by atoms with Gasteiger partial charge in [-0.15, -0.1) is 0 Å². The third-order valence-corrected chi connectivity index (χ3v) is 5.35. The molecule has 1 heterocycles. The summed E-state index contributed by atoms with van der Waals surface area (Å²) in [6.45, 7) is 2.05. The Morgan fingerprint density at radius 3 is 2.77 bits per heavy atom. The quantitative estimate of drug-likeness (QED) is 0.582. The summed E-state index contributed by atoms with van der Waals surface area (Å²) in [4.78, 5) is 15.6. The summed E-state index contributed by atoms with van der Waals surface area (Å²) < 4.78 is 35.5. The summed E-state index contributed by atoms with van der Waals surface area (Å²) in [6.07, 6.45) is 0. The lowest BCUT2D eigenvalue weighted by Gasteiger charge is -2.10. The van der Waals surface area contributed by atoms with Gasteiger partial charge in [-0.05, 0) is 25.1 Å². The number of hydrogen-bond acceptors (Lipinski definition) is 7. The van der Waals surface area contributed by atoms with Gasteiger partial charge in [-0.25, -0.2) is 17.7 Å². The van der Waals surface area contributed by atoms with Crippen molar-refractivity contribution in [2.75, 3.05) is 26.5 Å². The Morgan fingerprint density at radius 1 is 1.41 bits per heavy atom. The van der Waals surface area contributed by atoms with Gasteiger partial charge >= 0.3 is 5.97 Å². The van der Waals surface area contributed by atoms with Crippen molar-refractivity contribution in [1.82, 2.24) is 9.29 Å². The van der Waals surface area contributed by atoms with Crippen molar-refractivity contribution in [1.29, 1.82) is 0 Å². The molecule has 0 unspecified atom stereocenters. The van der Waals surface area contributed by atoms with E-state index in [0.717, 1.165) is 16.1 Å². The van der Waals surface area contributed by atoms with E-state index in [1.54, 1.807) is 13.0 Å². The van der Waals surface area contributed by atoms with Crippen LogP contribution in [0, 0.1) is 0 Å². The highest BCUT2D eigenvalue weighted by Gasteiger charge is 2.19. The molecule has 0 aliphatic carbocycles. The van der Waals surface area contributed by atoms with E-state index in [1.165, 1.54) is 26.2 Å². The molecule has 0 atom stereocenters. The molecule has 7 nitrogen and oxygen atoms in total. The van der Waals surface area contributed by atoms with Gasteiger partial charge in [0, 0.05) is 14.1 Å². The summed E-state index contributed by atoms with van der Waals surface area (Å²) >= 11 is 1.10. The molecule has 0 spiro atoms. The molecule has 0 N–H and O–H groups in total. The van der Waals surface area contributed by atoms with Gasteiger partial charge < -0.3 is 9.15 Å². The third-order valence-electron chi connectivity index (χ3n) is 2.74. The van der Waals surface area contributed by atoms with Crippen LogP contribution in [0.4, 0.5) is 0 Å². The fourth-order valence-corrected chi connectivity index (χ4v) is 3.20. The number of carbonyl (C=O) groups is 1. The van der Waals surface area contributed by atoms with Crippen LogP contribution in [0.3, 0.4) is 0 Å². The zero-order chi connectivity index (χ0) is 16.3. The second kappa shape index (κ2) is 6.67. The number of ether oxygens (including phenoxy) is 1. The number of esters is 1. The number of rotatable bonds is 6. The SMILES string of the molecule is CCOC(=O)CSc1nc2cc(S(=O)(=O)N(C)C)ccc2o1. The van der Waals surface area contributed by atoms with E-state index in [1.807, 2.05) is 0 Å². The average Bonchev–Trinajstić information content (AvgIpc) is 2.87. The molecule has 22 heavy (non-hydrogen) atoms. The lowest BCUT2D eigenvalue weighted by Crippen LogP contribution is -2.22. The molecular formula is C13H16N2O5S2. The molecule has 0 fully saturated rings. The van der Waals surface area contributed by atoms with Crippen molar-refractivity contribution in [3.05, 3.63) is 18.2 Å². The second-order valence-electron chi connectivity index (χ2n) is 4.49. The van der Waals surface area contributed by atoms with Crippen LogP contribution in [0.2, 0.25) is 0 Å². The Bertz CT molecular complexity index is 783. The molecule has 0 aliphatic rings. The first-order chi connectivity index (χ1) is 10.3. The number of nitrogens with zero attached hydrogens (tertiary/aromatic N) is 2. The molecule has 0 radical (unpaired) electrons. The number of oxazole rings is 1. The maximum atomic E-state index is 12.1. The molecule has 0 bridgehead atoms. The lowest BCUT2D eigenvalue weighted by molar-refractivity contribution is -0.139. The molecule has 0 saturated carbocycles. The molecule has 9 heteroatoms. The Balaban J connectivity index is 2.23. The monoisotopic (exact) mass is 344 g/mol. The van der Waals surface area contributed by atoms with Crippen LogP contribution in [-0.2, 0) is 19.6 Å². The summed E-state index contributed by atoms with van der Waals surface area (Å²) in [5.74, 6) is -0.269. The van der Waals surface area contributed by atoms with Crippen molar-refractivity contribution in [2.45, 2.75) is 17.0 Å². The predicted octanol–water partition coefficient (Wildman–Crippen LogP) is 1.73. The summed E-state index contributed by atoms with van der Waals surface area (Å²) in [6, 6.07) is 4.46. The van der Waals surface area contributed by atoms with E-state index in [2.05, 4.69) is 4.98 Å². The van der Waals surface area contributed by atoms with Gasteiger partial charge in [0.25, 0.3) is 5.22 Å². The fraction of sp³-hybridized carbons (Fsp3) is 0.385. The van der Waals surface area contributed by atoms with Crippen LogP contribution in [0.25, 0.3) is 11.1 Å². The molecule has 2 rings (SSSR count). The normalized spacial score (nSPS) is 12.0. The van der Waals surface area contributed by atoms with E-state index in [-0.39, 0.29) is 16.6 Å². The first-order valence-corrected chi connectivity index (χ1v) is 8.88. The maximum Gasteiger partial charge on any atom is 0.316 e. The van der Waals surface area contributed by atoms with Crippen LogP contribution >= 0.6 is 11.8 Å². The zero-order valence-corrected chi connectivity index (χ0v) is 14.0. The molecule has 2 aromatic rings. The van der Waals surface area contributed by atoms with Crippen molar-refractivity contribution < 1.29 is 22.4 Å². The van der Waals surface area contributed by atoms with Crippen LogP contribution in [0.1, 0.15) is 6.92 Å². The predicted molar refractivity (Wildman–Crippen MR) is 82.2 cm³/mol. The van der Waals surface area contributed by atoms with E-state index in [9.17, 15) is 13.2 Å². The minimum Gasteiger partial charge on any atom is -0.465 e. The Kier molecular flexibility index (Phi) is 5.09. The molecule has 1 aromatic heterocycles. The first kappa shape index (κ1) is 16.8. The number of thioether (sulfide) groups is 1. The Morgan fingerprint density at radius 2 is 2.14 bits per heavy atom. The largest absolute Gasteiger partial charge is 0.465 e. The second-order valence-corrected chi connectivity index (χ2v) is 7.57. The minimum absolute atomic E-state index is 0.0868. The van der Waals surface area contributed by atoms with E-state index >= 15 is 0 Å². The van der Waals surface area contributed by atoms with Gasteiger partial charge in [-0.1, -0.05) is 11.8 Å². The van der Waals surface area contributed by atoms with Gasteiger partial charge in [-0.2, -0.15) is 0 Å². The van der Waals surface area contributed by atoms with E-state index in [4.69, 9.17) is 9.15 Å². The van der Waals surface area contributed by atoms with Crippen LogP contribution in [-0.4, -0.2) is 50.1 Å². The molecule has 0 amide bonds. The van der Waals surface area contributed by atoms with E-state index in [0.29, 0.717) is 22.9 Å². The number of fused-ring (bicyclic) bond motifs is 1.